The molecule has 0 saturated carbocycles. The lowest BCUT2D eigenvalue weighted by Crippen LogP contribution is -2.39. The molecule has 1 saturated heterocycles. The average molecular weight is 243 g/mol. The van der Waals surface area contributed by atoms with E-state index in [-0.39, 0.29) is 5.82 Å². The van der Waals surface area contributed by atoms with Crippen LogP contribution in [0.5, 0.6) is 0 Å². The molecule has 1 fully saturated rings. The molecule has 1 aromatic rings. The summed E-state index contributed by atoms with van der Waals surface area (Å²) < 4.78 is 13.5. The molecule has 4 heteroatoms. The van der Waals surface area contributed by atoms with Crippen molar-refractivity contribution in [1.82, 2.24) is 4.90 Å². The van der Waals surface area contributed by atoms with Crippen molar-refractivity contribution < 1.29 is 4.39 Å². The predicted octanol–water partition coefficient (Wildman–Crippen LogP) is 2.40. The number of hydrogen-bond acceptors (Lipinski definition) is 2. The van der Waals surface area contributed by atoms with Crippen LogP contribution in [-0.2, 0) is 6.54 Å². The van der Waals surface area contributed by atoms with Gasteiger partial charge in [0.1, 0.15) is 5.82 Å². The Labute approximate surface area is 100 Å². The second-order valence-corrected chi connectivity index (χ2v) is 4.72. The normalized spacial score (nSPS) is 18.9. The number of hydrogen-bond donors (Lipinski definition) is 1. The molecule has 2 N–H and O–H groups in total. The van der Waals surface area contributed by atoms with E-state index in [0.29, 0.717) is 23.2 Å². The SMILES string of the molecule is NC1CCN(Cc2c(F)cccc2Cl)CC1. The molecule has 2 nitrogen and oxygen atoms in total. The van der Waals surface area contributed by atoms with Crippen LogP contribution in [0.3, 0.4) is 0 Å². The van der Waals surface area contributed by atoms with Crippen molar-refractivity contribution in [3.05, 3.63) is 34.6 Å². The largest absolute Gasteiger partial charge is 0.328 e. The van der Waals surface area contributed by atoms with Crippen LogP contribution in [0.4, 0.5) is 4.39 Å². The predicted molar refractivity (Wildman–Crippen MR) is 63.9 cm³/mol. The Kier molecular flexibility index (Phi) is 3.79. The van der Waals surface area contributed by atoms with Gasteiger partial charge in [-0.2, -0.15) is 0 Å². The number of nitrogens with two attached hydrogens (primary N) is 1. The van der Waals surface area contributed by atoms with E-state index in [4.69, 9.17) is 17.3 Å². The van der Waals surface area contributed by atoms with Crippen molar-refractivity contribution in [2.24, 2.45) is 5.73 Å². The van der Waals surface area contributed by atoms with Gasteiger partial charge in [0.2, 0.25) is 0 Å². The van der Waals surface area contributed by atoms with Gasteiger partial charge < -0.3 is 5.73 Å². The molecule has 0 spiro atoms. The summed E-state index contributed by atoms with van der Waals surface area (Å²) in [5.41, 5.74) is 6.42. The Morgan fingerprint density at radius 2 is 2.06 bits per heavy atom. The van der Waals surface area contributed by atoms with E-state index in [0.717, 1.165) is 25.9 Å². The summed E-state index contributed by atoms with van der Waals surface area (Å²) in [4.78, 5) is 2.20. The van der Waals surface area contributed by atoms with Gasteiger partial charge >= 0.3 is 0 Å². The first-order valence-corrected chi connectivity index (χ1v) is 5.95. The van der Waals surface area contributed by atoms with Gasteiger partial charge in [-0.25, -0.2) is 4.39 Å². The Morgan fingerprint density at radius 3 is 2.69 bits per heavy atom. The topological polar surface area (TPSA) is 29.3 Å². The molecule has 0 aliphatic carbocycles. The van der Waals surface area contributed by atoms with Crippen molar-refractivity contribution in [3.8, 4) is 0 Å². The molecule has 0 amide bonds. The molecular weight excluding hydrogens is 227 g/mol. The van der Waals surface area contributed by atoms with Crippen LogP contribution < -0.4 is 5.73 Å². The second kappa shape index (κ2) is 5.13. The number of likely N-dealkylation sites (tertiary alicyclic amines) is 1. The van der Waals surface area contributed by atoms with Crippen molar-refractivity contribution in [2.75, 3.05) is 13.1 Å². The molecule has 0 aromatic heterocycles. The van der Waals surface area contributed by atoms with Gasteiger partial charge in [-0.1, -0.05) is 17.7 Å². The van der Waals surface area contributed by atoms with Crippen LogP contribution in [0.2, 0.25) is 5.02 Å². The maximum Gasteiger partial charge on any atom is 0.129 e. The van der Waals surface area contributed by atoms with E-state index in [1.54, 1.807) is 12.1 Å². The fraction of sp³-hybridized carbons (Fsp3) is 0.500. The quantitative estimate of drug-likeness (QED) is 0.863. The van der Waals surface area contributed by atoms with E-state index in [1.165, 1.54) is 6.07 Å². The maximum absolute atomic E-state index is 13.5. The summed E-state index contributed by atoms with van der Waals surface area (Å²) in [6, 6.07) is 5.12. The van der Waals surface area contributed by atoms with Gasteiger partial charge in [0.15, 0.2) is 0 Å². The molecule has 2 rings (SSSR count). The summed E-state index contributed by atoms with van der Waals surface area (Å²) in [5.74, 6) is -0.220. The number of benzene rings is 1. The van der Waals surface area contributed by atoms with E-state index in [1.807, 2.05) is 0 Å². The average Bonchev–Trinajstić information content (AvgIpc) is 2.26. The Balaban J connectivity index is 2.04. The molecule has 88 valence electrons. The lowest BCUT2D eigenvalue weighted by atomic mass is 10.1. The lowest BCUT2D eigenvalue weighted by Gasteiger charge is -2.30. The fourth-order valence-corrected chi connectivity index (χ4v) is 2.24. The summed E-state index contributed by atoms with van der Waals surface area (Å²) in [6.07, 6.45) is 1.96. The van der Waals surface area contributed by atoms with Gasteiger partial charge in [-0.3, -0.25) is 4.90 Å². The van der Waals surface area contributed by atoms with Crippen LogP contribution >= 0.6 is 11.6 Å². The molecule has 1 aromatic carbocycles. The standard InChI is InChI=1S/C12H16ClFN2/c13-11-2-1-3-12(14)10(11)8-16-6-4-9(15)5-7-16/h1-3,9H,4-8,15H2. The van der Waals surface area contributed by atoms with Crippen LogP contribution in [0, 0.1) is 5.82 Å². The van der Waals surface area contributed by atoms with E-state index in [9.17, 15) is 4.39 Å². The number of rotatable bonds is 2. The molecule has 0 unspecified atom stereocenters. The molecule has 16 heavy (non-hydrogen) atoms. The van der Waals surface area contributed by atoms with Crippen molar-refractivity contribution in [3.63, 3.8) is 0 Å². The van der Waals surface area contributed by atoms with Gasteiger partial charge in [0, 0.05) is 23.2 Å². The second-order valence-electron chi connectivity index (χ2n) is 4.31. The highest BCUT2D eigenvalue weighted by Crippen LogP contribution is 2.22. The molecule has 0 atom stereocenters. The Hall–Kier alpha value is -0.640. The smallest absolute Gasteiger partial charge is 0.129 e. The van der Waals surface area contributed by atoms with Gasteiger partial charge in [-0.15, -0.1) is 0 Å². The number of piperidine rings is 1. The van der Waals surface area contributed by atoms with Crippen LogP contribution in [-0.4, -0.2) is 24.0 Å². The van der Waals surface area contributed by atoms with Crippen LogP contribution in [0.25, 0.3) is 0 Å². The molecule has 0 radical (unpaired) electrons. The minimum atomic E-state index is -0.220. The van der Waals surface area contributed by atoms with E-state index >= 15 is 0 Å². The third kappa shape index (κ3) is 2.73. The lowest BCUT2D eigenvalue weighted by molar-refractivity contribution is 0.203. The Morgan fingerprint density at radius 1 is 1.38 bits per heavy atom. The zero-order valence-corrected chi connectivity index (χ0v) is 9.88. The first-order chi connectivity index (χ1) is 7.66. The first-order valence-electron chi connectivity index (χ1n) is 5.57. The van der Waals surface area contributed by atoms with Gasteiger partial charge in [-0.05, 0) is 38.1 Å². The Bertz CT molecular complexity index is 342. The van der Waals surface area contributed by atoms with E-state index < -0.39 is 0 Å². The third-order valence-corrected chi connectivity index (χ3v) is 3.43. The van der Waals surface area contributed by atoms with Gasteiger partial charge in [0.25, 0.3) is 0 Å². The monoisotopic (exact) mass is 242 g/mol. The zero-order valence-electron chi connectivity index (χ0n) is 9.13. The molecule has 1 aliphatic heterocycles. The minimum absolute atomic E-state index is 0.220. The van der Waals surface area contributed by atoms with Crippen LogP contribution in [0.15, 0.2) is 18.2 Å². The zero-order chi connectivity index (χ0) is 11.5. The fourth-order valence-electron chi connectivity index (χ4n) is 2.02. The number of halogens is 2. The van der Waals surface area contributed by atoms with Crippen molar-refractivity contribution in [2.45, 2.75) is 25.4 Å². The minimum Gasteiger partial charge on any atom is -0.328 e. The number of nitrogens with zero attached hydrogens (tertiary/aromatic N) is 1. The summed E-state index contributed by atoms with van der Waals surface area (Å²) >= 11 is 5.99. The highest BCUT2D eigenvalue weighted by Gasteiger charge is 2.18. The highest BCUT2D eigenvalue weighted by atomic mass is 35.5. The summed E-state index contributed by atoms with van der Waals surface area (Å²) in [6.45, 7) is 2.43. The molecular formula is C12H16ClFN2. The van der Waals surface area contributed by atoms with Crippen molar-refractivity contribution in [1.29, 1.82) is 0 Å². The molecule has 1 aliphatic rings. The maximum atomic E-state index is 13.5. The molecule has 1 heterocycles. The highest BCUT2D eigenvalue weighted by molar-refractivity contribution is 6.31. The summed E-state index contributed by atoms with van der Waals surface area (Å²) in [7, 11) is 0. The van der Waals surface area contributed by atoms with E-state index in [2.05, 4.69) is 4.90 Å². The third-order valence-electron chi connectivity index (χ3n) is 3.08. The van der Waals surface area contributed by atoms with Crippen LogP contribution in [0.1, 0.15) is 18.4 Å². The van der Waals surface area contributed by atoms with Gasteiger partial charge in [0.05, 0.1) is 0 Å². The first kappa shape index (κ1) is 11.8. The summed E-state index contributed by atoms with van der Waals surface area (Å²) in [5, 5.41) is 0.509. The molecule has 0 bridgehead atoms. The van der Waals surface area contributed by atoms with Crippen molar-refractivity contribution >= 4 is 11.6 Å².